The Balaban J connectivity index is 1.65. The summed E-state index contributed by atoms with van der Waals surface area (Å²) < 4.78 is 0. The number of hydrogen-bond donors (Lipinski definition) is 1. The summed E-state index contributed by atoms with van der Waals surface area (Å²) in [6.45, 7) is 1.19. The van der Waals surface area contributed by atoms with Gasteiger partial charge in [0.15, 0.2) is 0 Å². The van der Waals surface area contributed by atoms with E-state index in [4.69, 9.17) is 0 Å². The Morgan fingerprint density at radius 3 is 2.67 bits per heavy atom. The molecular formula is C17H25N. The van der Waals surface area contributed by atoms with E-state index in [0.29, 0.717) is 0 Å². The topological polar surface area (TPSA) is 12.0 Å². The number of fused-ring (bicyclic) bond motifs is 1. The fourth-order valence-electron chi connectivity index (χ4n) is 3.59. The van der Waals surface area contributed by atoms with Gasteiger partial charge in [0.2, 0.25) is 0 Å². The summed E-state index contributed by atoms with van der Waals surface area (Å²) in [5.41, 5.74) is 4.63. The Hall–Kier alpha value is -0.980. The van der Waals surface area contributed by atoms with Crippen LogP contribution < -0.4 is 5.32 Å². The van der Waals surface area contributed by atoms with Crippen molar-refractivity contribution in [2.24, 2.45) is 5.92 Å². The molecule has 0 aliphatic heterocycles. The van der Waals surface area contributed by atoms with Crippen LogP contribution in [0.5, 0.6) is 0 Å². The Morgan fingerprint density at radius 1 is 0.944 bits per heavy atom. The minimum absolute atomic E-state index is 0.915. The second-order valence-corrected chi connectivity index (χ2v) is 6.04. The van der Waals surface area contributed by atoms with E-state index in [1.54, 1.807) is 11.1 Å². The standard InChI is InChI=1S/C17H25N/c1-2-7-14(8-3-1)13-18-17-12-6-10-15-9-4-5-11-16(15)17/h6,10,12,14,18H,1-5,7-9,11,13H2. The molecule has 1 aromatic carbocycles. The lowest BCUT2D eigenvalue weighted by Crippen LogP contribution is -2.18. The zero-order chi connectivity index (χ0) is 12.2. The zero-order valence-electron chi connectivity index (χ0n) is 11.4. The molecule has 1 aromatic rings. The van der Waals surface area contributed by atoms with Crippen LogP contribution in [0.15, 0.2) is 18.2 Å². The summed E-state index contributed by atoms with van der Waals surface area (Å²) in [6.07, 6.45) is 12.5. The van der Waals surface area contributed by atoms with Gasteiger partial charge in [-0.25, -0.2) is 0 Å². The fraction of sp³-hybridized carbons (Fsp3) is 0.647. The van der Waals surface area contributed by atoms with E-state index < -0.39 is 0 Å². The van der Waals surface area contributed by atoms with Crippen molar-refractivity contribution in [3.63, 3.8) is 0 Å². The van der Waals surface area contributed by atoms with Crippen molar-refractivity contribution in [2.45, 2.75) is 57.8 Å². The first-order valence-corrected chi connectivity index (χ1v) is 7.78. The van der Waals surface area contributed by atoms with Crippen molar-refractivity contribution in [1.82, 2.24) is 0 Å². The summed E-state index contributed by atoms with van der Waals surface area (Å²) in [7, 11) is 0. The molecule has 1 nitrogen and oxygen atoms in total. The van der Waals surface area contributed by atoms with E-state index in [-0.39, 0.29) is 0 Å². The van der Waals surface area contributed by atoms with Gasteiger partial charge in [0.1, 0.15) is 0 Å². The highest BCUT2D eigenvalue weighted by atomic mass is 14.9. The molecule has 0 atom stereocenters. The van der Waals surface area contributed by atoms with E-state index in [1.165, 1.54) is 70.0 Å². The predicted molar refractivity (Wildman–Crippen MR) is 78.1 cm³/mol. The minimum Gasteiger partial charge on any atom is -0.385 e. The average Bonchev–Trinajstić information content (AvgIpc) is 2.46. The largest absolute Gasteiger partial charge is 0.385 e. The van der Waals surface area contributed by atoms with Crippen LogP contribution in [0.3, 0.4) is 0 Å². The predicted octanol–water partition coefficient (Wildman–Crippen LogP) is 4.56. The van der Waals surface area contributed by atoms with Gasteiger partial charge in [-0.05, 0) is 61.6 Å². The highest BCUT2D eigenvalue weighted by Gasteiger charge is 2.15. The number of hydrogen-bond acceptors (Lipinski definition) is 1. The van der Waals surface area contributed by atoms with E-state index in [0.717, 1.165) is 5.92 Å². The Kier molecular flexibility index (Phi) is 3.87. The minimum atomic E-state index is 0.915. The molecule has 0 bridgehead atoms. The summed E-state index contributed by atoms with van der Waals surface area (Å²) in [6, 6.07) is 6.83. The molecular weight excluding hydrogens is 218 g/mol. The molecule has 3 rings (SSSR count). The Bertz CT molecular complexity index is 391. The summed E-state index contributed by atoms with van der Waals surface area (Å²) in [5.74, 6) is 0.915. The first-order valence-electron chi connectivity index (χ1n) is 7.78. The quantitative estimate of drug-likeness (QED) is 0.820. The third-order valence-corrected chi connectivity index (χ3v) is 4.70. The molecule has 0 aromatic heterocycles. The zero-order valence-corrected chi connectivity index (χ0v) is 11.4. The molecule has 0 unspecified atom stereocenters. The second-order valence-electron chi connectivity index (χ2n) is 6.04. The molecule has 1 saturated carbocycles. The molecule has 18 heavy (non-hydrogen) atoms. The van der Waals surface area contributed by atoms with Crippen LogP contribution in [-0.4, -0.2) is 6.54 Å². The average molecular weight is 243 g/mol. The molecule has 1 heteroatoms. The molecule has 0 radical (unpaired) electrons. The van der Waals surface area contributed by atoms with Crippen LogP contribution in [0.25, 0.3) is 0 Å². The van der Waals surface area contributed by atoms with Gasteiger partial charge in [-0.3, -0.25) is 0 Å². The van der Waals surface area contributed by atoms with E-state index in [9.17, 15) is 0 Å². The smallest absolute Gasteiger partial charge is 0.0375 e. The molecule has 0 spiro atoms. The van der Waals surface area contributed by atoms with Crippen LogP contribution >= 0.6 is 0 Å². The lowest BCUT2D eigenvalue weighted by atomic mass is 9.88. The first-order chi connectivity index (χ1) is 8.93. The SMILES string of the molecule is c1cc2c(c(NCC3CCCCC3)c1)CCCC2. The lowest BCUT2D eigenvalue weighted by molar-refractivity contribution is 0.373. The molecule has 0 saturated heterocycles. The molecule has 98 valence electrons. The number of nitrogens with one attached hydrogen (secondary N) is 1. The highest BCUT2D eigenvalue weighted by molar-refractivity contribution is 5.55. The van der Waals surface area contributed by atoms with Crippen molar-refractivity contribution in [2.75, 3.05) is 11.9 Å². The van der Waals surface area contributed by atoms with Gasteiger partial charge < -0.3 is 5.32 Å². The Morgan fingerprint density at radius 2 is 1.78 bits per heavy atom. The normalized spacial score (nSPS) is 20.4. The van der Waals surface area contributed by atoms with Gasteiger partial charge in [-0.1, -0.05) is 31.4 Å². The molecule has 0 amide bonds. The molecule has 2 aliphatic carbocycles. The van der Waals surface area contributed by atoms with Crippen molar-refractivity contribution >= 4 is 5.69 Å². The van der Waals surface area contributed by atoms with Crippen molar-refractivity contribution in [3.05, 3.63) is 29.3 Å². The highest BCUT2D eigenvalue weighted by Crippen LogP contribution is 2.29. The van der Waals surface area contributed by atoms with Crippen LogP contribution in [0.4, 0.5) is 5.69 Å². The van der Waals surface area contributed by atoms with Gasteiger partial charge in [-0.15, -0.1) is 0 Å². The molecule has 0 heterocycles. The van der Waals surface area contributed by atoms with Gasteiger partial charge in [0.05, 0.1) is 0 Å². The van der Waals surface area contributed by atoms with Crippen molar-refractivity contribution in [1.29, 1.82) is 0 Å². The van der Waals surface area contributed by atoms with Crippen LogP contribution in [0.1, 0.15) is 56.1 Å². The maximum absolute atomic E-state index is 3.74. The van der Waals surface area contributed by atoms with Crippen LogP contribution in [-0.2, 0) is 12.8 Å². The molecule has 2 aliphatic rings. The third-order valence-electron chi connectivity index (χ3n) is 4.70. The molecule has 1 fully saturated rings. The van der Waals surface area contributed by atoms with Crippen molar-refractivity contribution < 1.29 is 0 Å². The Labute approximate surface area is 111 Å². The van der Waals surface area contributed by atoms with E-state index in [2.05, 4.69) is 23.5 Å². The van der Waals surface area contributed by atoms with Gasteiger partial charge in [-0.2, -0.15) is 0 Å². The van der Waals surface area contributed by atoms with Crippen LogP contribution in [0, 0.1) is 5.92 Å². The first kappa shape index (κ1) is 12.1. The van der Waals surface area contributed by atoms with E-state index >= 15 is 0 Å². The van der Waals surface area contributed by atoms with Crippen LogP contribution in [0.2, 0.25) is 0 Å². The fourth-order valence-corrected chi connectivity index (χ4v) is 3.59. The summed E-state index contributed by atoms with van der Waals surface area (Å²) >= 11 is 0. The number of aryl methyl sites for hydroxylation is 1. The maximum Gasteiger partial charge on any atom is 0.0375 e. The summed E-state index contributed by atoms with van der Waals surface area (Å²) in [4.78, 5) is 0. The number of rotatable bonds is 3. The van der Waals surface area contributed by atoms with Gasteiger partial charge in [0.25, 0.3) is 0 Å². The van der Waals surface area contributed by atoms with E-state index in [1.807, 2.05) is 0 Å². The summed E-state index contributed by atoms with van der Waals surface area (Å²) in [5, 5.41) is 3.74. The van der Waals surface area contributed by atoms with Gasteiger partial charge >= 0.3 is 0 Å². The number of benzene rings is 1. The monoisotopic (exact) mass is 243 g/mol. The maximum atomic E-state index is 3.74. The second kappa shape index (κ2) is 5.77. The van der Waals surface area contributed by atoms with Crippen molar-refractivity contribution in [3.8, 4) is 0 Å². The number of anilines is 1. The lowest BCUT2D eigenvalue weighted by Gasteiger charge is -2.25. The van der Waals surface area contributed by atoms with Gasteiger partial charge in [0, 0.05) is 12.2 Å². The third kappa shape index (κ3) is 2.71. The molecule has 1 N–H and O–H groups in total.